The summed E-state index contributed by atoms with van der Waals surface area (Å²) >= 11 is 5.94. The van der Waals surface area contributed by atoms with Gasteiger partial charge in [0.1, 0.15) is 5.52 Å². The molecular weight excluding hydrogens is 423 g/mol. The normalized spacial score (nSPS) is 11.6. The average molecular weight is 436 g/mol. The second kappa shape index (κ2) is 7.71. The topological polar surface area (TPSA) is 85.0 Å². The van der Waals surface area contributed by atoms with E-state index in [4.69, 9.17) is 16.0 Å². The van der Waals surface area contributed by atoms with Gasteiger partial charge in [-0.2, -0.15) is 18.3 Å². The van der Waals surface area contributed by atoms with E-state index in [1.54, 1.807) is 36.4 Å². The Bertz CT molecular complexity index is 1220. The van der Waals surface area contributed by atoms with Crippen LogP contribution < -0.4 is 10.6 Å². The summed E-state index contributed by atoms with van der Waals surface area (Å²) in [4.78, 5) is 16.2. The lowest BCUT2D eigenvalue weighted by molar-refractivity contribution is -0.141. The SMILES string of the molecule is O=C(NCc1cc(C(F)(F)F)nn1-c1cccc(Cl)c1)Nc1ccc2ncoc2c1. The maximum Gasteiger partial charge on any atom is 0.435 e. The van der Waals surface area contributed by atoms with Crippen LogP contribution in [0.1, 0.15) is 11.4 Å². The fraction of sp³-hybridized carbons (Fsp3) is 0.105. The number of oxazole rings is 1. The summed E-state index contributed by atoms with van der Waals surface area (Å²) in [6, 6.07) is 11.4. The Kier molecular flexibility index (Phi) is 5.08. The van der Waals surface area contributed by atoms with Crippen molar-refractivity contribution in [2.75, 3.05) is 5.32 Å². The molecule has 2 heterocycles. The lowest BCUT2D eigenvalue weighted by Gasteiger charge is -2.10. The molecule has 7 nitrogen and oxygen atoms in total. The molecule has 2 amide bonds. The van der Waals surface area contributed by atoms with Gasteiger partial charge < -0.3 is 15.1 Å². The number of fused-ring (bicyclic) bond motifs is 1. The van der Waals surface area contributed by atoms with Crippen molar-refractivity contribution in [3.05, 3.63) is 71.3 Å². The quantitative estimate of drug-likeness (QED) is 0.472. The zero-order valence-electron chi connectivity index (χ0n) is 15.1. The number of carbonyl (C=O) groups is 1. The van der Waals surface area contributed by atoms with Crippen LogP contribution in [0.25, 0.3) is 16.8 Å². The van der Waals surface area contributed by atoms with Gasteiger partial charge >= 0.3 is 12.2 Å². The van der Waals surface area contributed by atoms with Gasteiger partial charge in [0, 0.05) is 16.8 Å². The third kappa shape index (κ3) is 4.23. The van der Waals surface area contributed by atoms with Crippen LogP contribution in [0.2, 0.25) is 5.02 Å². The summed E-state index contributed by atoms with van der Waals surface area (Å²) in [6.45, 7) is -0.202. The molecule has 0 aliphatic carbocycles. The molecule has 0 atom stereocenters. The second-order valence-corrected chi connectivity index (χ2v) is 6.69. The monoisotopic (exact) mass is 435 g/mol. The fourth-order valence-corrected chi connectivity index (χ4v) is 2.98. The first kappa shape index (κ1) is 19.8. The molecule has 4 aromatic rings. The maximum atomic E-state index is 13.1. The van der Waals surface area contributed by atoms with Crippen molar-refractivity contribution >= 4 is 34.4 Å². The summed E-state index contributed by atoms with van der Waals surface area (Å²) in [5.74, 6) is 0. The molecule has 2 aromatic heterocycles. The van der Waals surface area contributed by atoms with Gasteiger partial charge in [0.2, 0.25) is 0 Å². The highest BCUT2D eigenvalue weighted by Crippen LogP contribution is 2.30. The van der Waals surface area contributed by atoms with Gasteiger partial charge in [-0.15, -0.1) is 0 Å². The summed E-state index contributed by atoms with van der Waals surface area (Å²) in [5, 5.41) is 9.08. The molecule has 0 aliphatic heterocycles. The van der Waals surface area contributed by atoms with Gasteiger partial charge in [-0.25, -0.2) is 14.5 Å². The number of amides is 2. The zero-order valence-corrected chi connectivity index (χ0v) is 15.8. The average Bonchev–Trinajstić information content (AvgIpc) is 3.32. The standard InChI is InChI=1S/C19H13ClF3N5O2/c20-11-2-1-3-13(6-11)28-14(8-17(27-28)19(21,22)23)9-24-18(29)26-12-4-5-15-16(7-12)30-10-25-15/h1-8,10H,9H2,(H2,24,26,29). The molecule has 0 fully saturated rings. The number of alkyl halides is 3. The number of anilines is 1. The number of nitrogens with zero attached hydrogens (tertiary/aromatic N) is 3. The number of rotatable bonds is 4. The van der Waals surface area contributed by atoms with E-state index in [9.17, 15) is 18.0 Å². The molecule has 11 heteroatoms. The second-order valence-electron chi connectivity index (χ2n) is 6.25. The number of urea groups is 1. The van der Waals surface area contributed by atoms with Crippen molar-refractivity contribution in [3.8, 4) is 5.69 Å². The zero-order chi connectivity index (χ0) is 21.3. The molecule has 0 aliphatic rings. The van der Waals surface area contributed by atoms with Crippen LogP contribution >= 0.6 is 11.6 Å². The number of halogens is 4. The summed E-state index contributed by atoms with van der Waals surface area (Å²) < 4.78 is 45.7. The number of nitrogens with one attached hydrogen (secondary N) is 2. The van der Waals surface area contributed by atoms with E-state index in [1.807, 2.05) is 0 Å². The molecule has 0 saturated carbocycles. The van der Waals surface area contributed by atoms with Crippen LogP contribution in [0.3, 0.4) is 0 Å². The number of hydrogen-bond donors (Lipinski definition) is 2. The molecule has 0 spiro atoms. The van der Waals surface area contributed by atoms with Crippen molar-refractivity contribution < 1.29 is 22.4 Å². The first-order valence-electron chi connectivity index (χ1n) is 8.60. The molecule has 4 rings (SSSR count). The Balaban J connectivity index is 1.52. The molecule has 2 aromatic carbocycles. The van der Waals surface area contributed by atoms with E-state index < -0.39 is 17.9 Å². The van der Waals surface area contributed by atoms with E-state index in [0.29, 0.717) is 27.5 Å². The third-order valence-electron chi connectivity index (χ3n) is 4.15. The molecule has 0 radical (unpaired) electrons. The minimum Gasteiger partial charge on any atom is -0.443 e. The van der Waals surface area contributed by atoms with Gasteiger partial charge in [-0.05, 0) is 36.4 Å². The van der Waals surface area contributed by atoms with E-state index in [2.05, 4.69) is 20.7 Å². The number of hydrogen-bond acceptors (Lipinski definition) is 4. The minimum atomic E-state index is -4.63. The molecule has 154 valence electrons. The Morgan fingerprint density at radius 3 is 2.77 bits per heavy atom. The van der Waals surface area contributed by atoms with Crippen LogP contribution in [0.5, 0.6) is 0 Å². The number of benzene rings is 2. The van der Waals surface area contributed by atoms with Gasteiger partial charge in [0.05, 0.1) is 17.9 Å². The Hall–Kier alpha value is -3.53. The van der Waals surface area contributed by atoms with E-state index in [-0.39, 0.29) is 12.2 Å². The van der Waals surface area contributed by atoms with Crippen LogP contribution in [0.15, 0.2) is 59.3 Å². The van der Waals surface area contributed by atoms with Crippen molar-refractivity contribution in [3.63, 3.8) is 0 Å². The Morgan fingerprint density at radius 1 is 1.17 bits per heavy atom. The highest BCUT2D eigenvalue weighted by Gasteiger charge is 2.35. The van der Waals surface area contributed by atoms with Crippen LogP contribution in [0.4, 0.5) is 23.7 Å². The number of aromatic nitrogens is 3. The first-order chi connectivity index (χ1) is 14.3. The molecule has 0 saturated heterocycles. The highest BCUT2D eigenvalue weighted by atomic mass is 35.5. The predicted molar refractivity (Wildman–Crippen MR) is 103 cm³/mol. The Morgan fingerprint density at radius 2 is 2.00 bits per heavy atom. The molecular formula is C19H13ClF3N5O2. The van der Waals surface area contributed by atoms with Crippen LogP contribution in [-0.2, 0) is 12.7 Å². The van der Waals surface area contributed by atoms with Crippen LogP contribution in [-0.4, -0.2) is 20.8 Å². The predicted octanol–water partition coefficient (Wildman–Crippen LogP) is 5.01. The van der Waals surface area contributed by atoms with Crippen molar-refractivity contribution in [2.45, 2.75) is 12.7 Å². The van der Waals surface area contributed by atoms with E-state index >= 15 is 0 Å². The van der Waals surface area contributed by atoms with Gasteiger partial charge in [0.25, 0.3) is 0 Å². The lowest BCUT2D eigenvalue weighted by atomic mass is 10.3. The molecule has 30 heavy (non-hydrogen) atoms. The third-order valence-corrected chi connectivity index (χ3v) is 4.38. The van der Waals surface area contributed by atoms with Gasteiger partial charge in [0.15, 0.2) is 17.7 Å². The summed E-state index contributed by atoms with van der Waals surface area (Å²) in [7, 11) is 0. The van der Waals surface area contributed by atoms with Crippen LogP contribution in [0, 0.1) is 0 Å². The Labute approximate surface area is 172 Å². The molecule has 0 unspecified atom stereocenters. The summed E-state index contributed by atoms with van der Waals surface area (Å²) in [5.41, 5.74) is 0.954. The minimum absolute atomic E-state index is 0.130. The lowest BCUT2D eigenvalue weighted by Crippen LogP contribution is -2.29. The molecule has 2 N–H and O–H groups in total. The number of carbonyl (C=O) groups excluding carboxylic acids is 1. The summed E-state index contributed by atoms with van der Waals surface area (Å²) in [6.07, 6.45) is -3.35. The highest BCUT2D eigenvalue weighted by molar-refractivity contribution is 6.30. The van der Waals surface area contributed by atoms with Crippen molar-refractivity contribution in [1.82, 2.24) is 20.1 Å². The smallest absolute Gasteiger partial charge is 0.435 e. The maximum absolute atomic E-state index is 13.1. The van der Waals surface area contributed by atoms with Gasteiger partial charge in [-0.1, -0.05) is 17.7 Å². The van der Waals surface area contributed by atoms with E-state index in [1.165, 1.54) is 12.5 Å². The van der Waals surface area contributed by atoms with Gasteiger partial charge in [-0.3, -0.25) is 0 Å². The molecule has 0 bridgehead atoms. The fourth-order valence-electron chi connectivity index (χ4n) is 2.79. The largest absolute Gasteiger partial charge is 0.443 e. The van der Waals surface area contributed by atoms with Crippen molar-refractivity contribution in [1.29, 1.82) is 0 Å². The van der Waals surface area contributed by atoms with E-state index in [0.717, 1.165) is 10.7 Å². The first-order valence-corrected chi connectivity index (χ1v) is 8.97. The van der Waals surface area contributed by atoms with Crippen molar-refractivity contribution in [2.24, 2.45) is 0 Å².